The first-order chi connectivity index (χ1) is 4.83. The van der Waals surface area contributed by atoms with E-state index in [9.17, 15) is 0 Å². The van der Waals surface area contributed by atoms with Crippen molar-refractivity contribution < 1.29 is 0 Å². The Morgan fingerprint density at radius 1 is 0.909 bits per heavy atom. The van der Waals surface area contributed by atoms with Gasteiger partial charge in [-0.3, -0.25) is 0 Å². The first-order valence-corrected chi connectivity index (χ1v) is 21.0. The molecule has 0 saturated heterocycles. The van der Waals surface area contributed by atoms with Gasteiger partial charge in [0, 0.05) is 0 Å². The van der Waals surface area contributed by atoms with E-state index in [1.54, 1.807) is 0 Å². The van der Waals surface area contributed by atoms with Crippen molar-refractivity contribution in [3.63, 3.8) is 0 Å². The Bertz CT molecular complexity index is 98.7. The first-order valence-electron chi connectivity index (χ1n) is 4.21. The molecule has 3 heteroatoms. The fourth-order valence-electron chi connectivity index (χ4n) is 1.28. The van der Waals surface area contributed by atoms with E-state index in [4.69, 9.17) is 0 Å². The number of hydrogen-bond acceptors (Lipinski definition) is 0. The molecule has 0 nitrogen and oxygen atoms in total. The second-order valence-corrected chi connectivity index (χ2v) is 38.8. The van der Waals surface area contributed by atoms with Crippen LogP contribution >= 0.6 is 25.4 Å². The van der Waals surface area contributed by atoms with Crippen molar-refractivity contribution in [2.24, 2.45) is 11.8 Å². The van der Waals surface area contributed by atoms with E-state index in [0.717, 1.165) is 11.8 Å². The van der Waals surface area contributed by atoms with Gasteiger partial charge in [-0.25, -0.2) is 0 Å². The predicted molar refractivity (Wildman–Crippen MR) is 62.9 cm³/mol. The molecule has 0 atom stereocenters. The zero-order valence-corrected chi connectivity index (χ0v) is 13.9. The molecule has 0 spiro atoms. The minimum atomic E-state index is -1.91. The topological polar surface area (TPSA) is 0 Å². The predicted octanol–water partition coefficient (Wildman–Crippen LogP) is 4.53. The average molecular weight is 393 g/mol. The molecule has 0 unspecified atom stereocenters. The molecule has 0 N–H and O–H groups in total. The van der Waals surface area contributed by atoms with E-state index in [-0.39, 0.29) is 0 Å². The molecule has 0 fully saturated rings. The summed E-state index contributed by atoms with van der Waals surface area (Å²) in [6.45, 7) is 9.20. The summed E-state index contributed by atoms with van der Waals surface area (Å²) in [6.07, 6.45) is 0. The monoisotopic (exact) mass is 392 g/mol. The van der Waals surface area contributed by atoms with Crippen molar-refractivity contribution in [2.45, 2.75) is 36.6 Å². The molecule has 0 aromatic carbocycles. The Labute approximate surface area is 86.9 Å². The average Bonchev–Trinajstić information content (AvgIpc) is 1.53. The van der Waals surface area contributed by atoms with Crippen LogP contribution in [0.2, 0.25) is 8.87 Å². The quantitative estimate of drug-likeness (QED) is 0.617. The summed E-state index contributed by atoms with van der Waals surface area (Å²) in [5.74, 6) is 1.67. The molecule has 68 valence electrons. The van der Waals surface area contributed by atoms with Crippen LogP contribution in [0.1, 0.15) is 27.7 Å². The second kappa shape index (κ2) is 5.48. The van der Waals surface area contributed by atoms with Gasteiger partial charge in [0.1, 0.15) is 0 Å². The molecule has 0 aliphatic rings. The van der Waals surface area contributed by atoms with Crippen LogP contribution in [-0.2, 0) is 0 Å². The molecular formula is C8H18Br2Sn. The van der Waals surface area contributed by atoms with Gasteiger partial charge >= 0.3 is 87.7 Å². The van der Waals surface area contributed by atoms with Crippen LogP contribution in [0.15, 0.2) is 0 Å². The van der Waals surface area contributed by atoms with Gasteiger partial charge in [-0.1, -0.05) is 0 Å². The van der Waals surface area contributed by atoms with Gasteiger partial charge < -0.3 is 0 Å². The third-order valence-electron chi connectivity index (χ3n) is 1.41. The zero-order valence-electron chi connectivity index (χ0n) is 7.82. The Kier molecular flexibility index (Phi) is 6.36. The van der Waals surface area contributed by atoms with E-state index in [2.05, 4.69) is 53.1 Å². The number of rotatable bonds is 4. The van der Waals surface area contributed by atoms with Crippen molar-refractivity contribution in [2.75, 3.05) is 0 Å². The first kappa shape index (κ1) is 12.8. The zero-order chi connectivity index (χ0) is 9.07. The minimum absolute atomic E-state index is 0.836. The summed E-state index contributed by atoms with van der Waals surface area (Å²) >= 11 is 5.91. The molecule has 0 aromatic heterocycles. The normalized spacial score (nSPS) is 13.1. The van der Waals surface area contributed by atoms with Crippen LogP contribution in [0, 0.1) is 11.8 Å². The van der Waals surface area contributed by atoms with E-state index in [1.165, 1.54) is 8.87 Å². The third kappa shape index (κ3) is 8.10. The molecule has 0 rings (SSSR count). The van der Waals surface area contributed by atoms with Crippen molar-refractivity contribution in [3.05, 3.63) is 0 Å². The fraction of sp³-hybridized carbons (Fsp3) is 1.00. The van der Waals surface area contributed by atoms with Gasteiger partial charge in [-0.2, -0.15) is 0 Å². The van der Waals surface area contributed by atoms with Gasteiger partial charge in [-0.15, -0.1) is 0 Å². The van der Waals surface area contributed by atoms with Crippen LogP contribution in [0.25, 0.3) is 0 Å². The Hall–Kier alpha value is 1.76. The van der Waals surface area contributed by atoms with Gasteiger partial charge in [0.05, 0.1) is 0 Å². The molecule has 0 aromatic rings. The summed E-state index contributed by atoms with van der Waals surface area (Å²) in [5, 5.41) is 0. The van der Waals surface area contributed by atoms with Crippen molar-refractivity contribution >= 4 is 39.3 Å². The molecule has 0 heterocycles. The van der Waals surface area contributed by atoms with Crippen molar-refractivity contribution in [1.82, 2.24) is 0 Å². The number of hydrogen-bond donors (Lipinski definition) is 0. The Morgan fingerprint density at radius 2 is 1.18 bits per heavy atom. The fourth-order valence-corrected chi connectivity index (χ4v) is 25.9. The van der Waals surface area contributed by atoms with E-state index in [0.29, 0.717) is 0 Å². The number of halogens is 2. The molecule has 0 amide bonds. The van der Waals surface area contributed by atoms with Crippen molar-refractivity contribution in [3.8, 4) is 0 Å². The maximum atomic E-state index is 3.91. The summed E-state index contributed by atoms with van der Waals surface area (Å²) in [5.41, 5.74) is 0. The van der Waals surface area contributed by atoms with Gasteiger partial charge in [0.15, 0.2) is 0 Å². The van der Waals surface area contributed by atoms with Gasteiger partial charge in [0.2, 0.25) is 0 Å². The third-order valence-corrected chi connectivity index (χ3v) is 18.2. The summed E-state index contributed by atoms with van der Waals surface area (Å²) in [7, 11) is 0. The molecule has 0 radical (unpaired) electrons. The molecule has 0 aliphatic carbocycles. The molecule has 0 bridgehead atoms. The van der Waals surface area contributed by atoms with E-state index in [1.807, 2.05) is 0 Å². The van der Waals surface area contributed by atoms with Gasteiger partial charge in [-0.05, 0) is 0 Å². The molecule has 0 aliphatic heterocycles. The molecule has 11 heavy (non-hydrogen) atoms. The maximum absolute atomic E-state index is 3.91. The molecule has 0 saturated carbocycles. The Balaban J connectivity index is 3.79. The van der Waals surface area contributed by atoms with Crippen LogP contribution in [0.4, 0.5) is 0 Å². The van der Waals surface area contributed by atoms with Crippen LogP contribution in [0.5, 0.6) is 0 Å². The van der Waals surface area contributed by atoms with E-state index < -0.39 is 13.9 Å². The van der Waals surface area contributed by atoms with Gasteiger partial charge in [0.25, 0.3) is 0 Å². The summed E-state index contributed by atoms with van der Waals surface area (Å²) in [6, 6.07) is 0. The van der Waals surface area contributed by atoms with Crippen LogP contribution in [-0.4, -0.2) is 13.9 Å². The Morgan fingerprint density at radius 3 is 1.36 bits per heavy atom. The van der Waals surface area contributed by atoms with Crippen LogP contribution < -0.4 is 0 Å². The van der Waals surface area contributed by atoms with Crippen LogP contribution in [0.3, 0.4) is 0 Å². The second-order valence-electron chi connectivity index (χ2n) is 4.05. The van der Waals surface area contributed by atoms with E-state index >= 15 is 0 Å². The standard InChI is InChI=1S/2C4H9.2BrH.Sn/c2*1-4(2)3;;;/h2*4H,1H2,2-3H3;2*1H;/q;;;;+2/p-2. The summed E-state index contributed by atoms with van der Waals surface area (Å²) < 4.78 is 2.79. The van der Waals surface area contributed by atoms with Crippen molar-refractivity contribution in [1.29, 1.82) is 0 Å². The summed E-state index contributed by atoms with van der Waals surface area (Å²) in [4.78, 5) is 0. The SMILES string of the molecule is CC(C)[CH2][Sn]([Br])([Br])[CH2]C(C)C. The molecular weight excluding hydrogens is 375 g/mol.